The number of aromatic nitrogens is 6. The molecule has 1 fully saturated rings. The van der Waals surface area contributed by atoms with Crippen molar-refractivity contribution in [3.05, 3.63) is 69.6 Å². The predicted octanol–water partition coefficient (Wildman–Crippen LogP) is 2.46. The second-order valence-corrected chi connectivity index (χ2v) is 7.42. The summed E-state index contributed by atoms with van der Waals surface area (Å²) in [5.41, 5.74) is 1.23. The Morgan fingerprint density at radius 1 is 1.31 bits per heavy atom. The fourth-order valence-corrected chi connectivity index (χ4v) is 3.61. The van der Waals surface area contributed by atoms with Crippen molar-refractivity contribution >= 4 is 22.8 Å². The Labute approximate surface area is 171 Å². The first kappa shape index (κ1) is 16.9. The third kappa shape index (κ3) is 3.32. The summed E-state index contributed by atoms with van der Waals surface area (Å²) in [4.78, 5) is 25.3. The van der Waals surface area contributed by atoms with Gasteiger partial charge >= 0.3 is 0 Å². The summed E-state index contributed by atoms with van der Waals surface area (Å²) in [6.45, 7) is 0.436. The third-order valence-electron chi connectivity index (χ3n) is 5.02. The monoisotopic (exact) mass is 413 g/mol. The van der Waals surface area contributed by atoms with Gasteiger partial charge in [-0.2, -0.15) is 4.98 Å². The number of nitrogens with zero attached hydrogens (tertiary/aromatic N) is 6. The van der Waals surface area contributed by atoms with Crippen LogP contribution in [0.15, 0.2) is 46.2 Å². The molecule has 0 amide bonds. The first-order valence-electron chi connectivity index (χ1n) is 9.57. The number of aryl methyl sites for hydroxylation is 1. The van der Waals surface area contributed by atoms with Crippen LogP contribution in [0.4, 0.5) is 0 Å². The fraction of sp³-hybridized carbons (Fsp3) is 0.316. The maximum atomic E-state index is 12.7. The maximum Gasteiger partial charge on any atom is 0.280 e. The van der Waals surface area contributed by atoms with Crippen LogP contribution in [0.3, 0.4) is 0 Å². The van der Waals surface area contributed by atoms with Crippen LogP contribution in [0.25, 0.3) is 11.2 Å². The van der Waals surface area contributed by atoms with Crippen molar-refractivity contribution in [3.8, 4) is 0 Å². The number of ether oxygens (including phenoxy) is 1. The second kappa shape index (κ2) is 7.09. The van der Waals surface area contributed by atoms with E-state index in [1.807, 2.05) is 24.3 Å². The smallest absolute Gasteiger partial charge is 0.280 e. The average molecular weight is 414 g/mol. The Morgan fingerprint density at radius 2 is 2.14 bits per heavy atom. The zero-order valence-electron chi connectivity index (χ0n) is 16.4. The highest BCUT2D eigenvalue weighted by Gasteiger charge is 2.31. The van der Waals surface area contributed by atoms with Gasteiger partial charge in [0.25, 0.3) is 5.56 Å². The molecule has 1 aromatic carbocycles. The number of fused-ring (bicyclic) bond motifs is 1. The van der Waals surface area contributed by atoms with Crippen LogP contribution in [0, 0.1) is 0 Å². The van der Waals surface area contributed by atoms with Crippen LogP contribution in [-0.4, -0.2) is 35.8 Å². The molecular weight excluding hydrogens is 396 g/mol. The van der Waals surface area contributed by atoms with Crippen molar-refractivity contribution in [2.75, 3.05) is 6.61 Å². The van der Waals surface area contributed by atoms with Crippen LogP contribution < -0.4 is 5.56 Å². The molecule has 148 valence electrons. The molecule has 0 radical (unpaired) electrons. The van der Waals surface area contributed by atoms with E-state index < -0.39 is 0 Å². The summed E-state index contributed by atoms with van der Waals surface area (Å²) in [6.07, 6.45) is 1.93. The molecule has 1 saturated heterocycles. The van der Waals surface area contributed by atoms with Gasteiger partial charge in [-0.25, -0.2) is 9.97 Å². The lowest BCUT2D eigenvalue weighted by atomic mass is 10.0. The summed E-state index contributed by atoms with van der Waals surface area (Å²) in [6, 6.07) is 7.56. The van der Waals surface area contributed by atoms with E-state index in [4.69, 9.17) is 22.2 Å². The minimum Gasteiger partial charge on any atom is -0.373 e. The van der Waals surface area contributed by atoms with Gasteiger partial charge in [0, 0.05) is 18.0 Å². The molecule has 0 unspecified atom stereocenters. The van der Waals surface area contributed by atoms with Crippen molar-refractivity contribution in [2.24, 2.45) is 7.05 Å². The molecule has 0 aliphatic carbocycles. The minimum absolute atomic E-state index is 0.0203. The summed E-state index contributed by atoms with van der Waals surface area (Å²) in [5, 5.41) is 4.74. The van der Waals surface area contributed by atoms with Gasteiger partial charge in [-0.05, 0) is 24.1 Å². The first-order chi connectivity index (χ1) is 14.5. The van der Waals surface area contributed by atoms with Gasteiger partial charge in [0.1, 0.15) is 14.2 Å². The average Bonchev–Trinajstić information content (AvgIpc) is 3.46. The lowest BCUT2D eigenvalue weighted by Gasteiger charge is -2.09. The SMILES string of the molecule is [2H]c1nc2ncn(C)c2c(=O)n1Cc1nc([C@@H]2CO[C@@H](c3ccc(Cl)cc3)C2)no1. The van der Waals surface area contributed by atoms with Crippen molar-refractivity contribution in [1.82, 2.24) is 29.2 Å². The van der Waals surface area contributed by atoms with Crippen LogP contribution >= 0.6 is 11.6 Å². The molecule has 0 saturated carbocycles. The van der Waals surface area contributed by atoms with Crippen molar-refractivity contribution in [3.63, 3.8) is 0 Å². The highest BCUT2D eigenvalue weighted by molar-refractivity contribution is 6.30. The number of halogens is 1. The Balaban J connectivity index is 1.35. The fourth-order valence-electron chi connectivity index (χ4n) is 3.48. The molecular formula is C19H17ClN6O3. The maximum absolute atomic E-state index is 12.7. The highest BCUT2D eigenvalue weighted by Crippen LogP contribution is 2.37. The number of hydrogen-bond acceptors (Lipinski definition) is 7. The molecule has 1 aliphatic heterocycles. The van der Waals surface area contributed by atoms with Crippen LogP contribution in [0.5, 0.6) is 0 Å². The van der Waals surface area contributed by atoms with Crippen molar-refractivity contribution in [1.29, 1.82) is 0 Å². The van der Waals surface area contributed by atoms with Crippen LogP contribution in [0.2, 0.25) is 5.02 Å². The Morgan fingerprint density at radius 3 is 2.97 bits per heavy atom. The van der Waals surface area contributed by atoms with E-state index in [-0.39, 0.29) is 42.0 Å². The van der Waals surface area contributed by atoms with Gasteiger partial charge in [-0.3, -0.25) is 9.36 Å². The van der Waals surface area contributed by atoms with E-state index in [1.54, 1.807) is 11.6 Å². The Bertz CT molecular complexity index is 1280. The highest BCUT2D eigenvalue weighted by atomic mass is 35.5. The molecule has 0 spiro atoms. The Hall–Kier alpha value is -3.04. The van der Waals surface area contributed by atoms with Crippen LogP contribution in [0.1, 0.15) is 37.1 Å². The van der Waals surface area contributed by atoms with Crippen LogP contribution in [-0.2, 0) is 18.3 Å². The summed E-state index contributed by atoms with van der Waals surface area (Å²) >= 11 is 5.95. The molecule has 9 nitrogen and oxygen atoms in total. The quantitative estimate of drug-likeness (QED) is 0.506. The van der Waals surface area contributed by atoms with E-state index in [1.165, 1.54) is 10.9 Å². The summed E-state index contributed by atoms with van der Waals surface area (Å²) in [7, 11) is 1.70. The summed E-state index contributed by atoms with van der Waals surface area (Å²) < 4.78 is 22.0. The van der Waals surface area contributed by atoms with E-state index >= 15 is 0 Å². The molecule has 5 rings (SSSR count). The normalized spacial score (nSPS) is 19.7. The molecule has 1 aliphatic rings. The molecule has 0 N–H and O–H groups in total. The topological polar surface area (TPSA) is 101 Å². The van der Waals surface area contributed by atoms with Gasteiger partial charge in [0.15, 0.2) is 17.0 Å². The van der Waals surface area contributed by atoms with Gasteiger partial charge < -0.3 is 13.8 Å². The van der Waals surface area contributed by atoms with Gasteiger partial charge in [-0.15, -0.1) is 0 Å². The predicted molar refractivity (Wildman–Crippen MR) is 104 cm³/mol. The molecule has 0 bridgehead atoms. The number of rotatable bonds is 4. The molecule has 4 heterocycles. The van der Waals surface area contributed by atoms with E-state index in [0.717, 1.165) is 5.56 Å². The lowest BCUT2D eigenvalue weighted by Crippen LogP contribution is -2.22. The van der Waals surface area contributed by atoms with Gasteiger partial charge in [0.2, 0.25) is 5.89 Å². The number of imidazole rings is 1. The number of hydrogen-bond donors (Lipinski definition) is 0. The molecule has 29 heavy (non-hydrogen) atoms. The largest absolute Gasteiger partial charge is 0.373 e. The second-order valence-electron chi connectivity index (χ2n) is 6.98. The Kier molecular flexibility index (Phi) is 4.12. The van der Waals surface area contributed by atoms with Crippen molar-refractivity contribution < 1.29 is 10.6 Å². The van der Waals surface area contributed by atoms with E-state index in [0.29, 0.717) is 29.4 Å². The number of benzene rings is 1. The third-order valence-corrected chi connectivity index (χ3v) is 5.28. The summed E-state index contributed by atoms with van der Waals surface area (Å²) in [5.74, 6) is 0.738. The van der Waals surface area contributed by atoms with Gasteiger partial charge in [0.05, 0.1) is 19.0 Å². The van der Waals surface area contributed by atoms with E-state index in [9.17, 15) is 4.79 Å². The molecule has 3 aromatic heterocycles. The first-order valence-corrected chi connectivity index (χ1v) is 9.45. The lowest BCUT2D eigenvalue weighted by molar-refractivity contribution is 0.110. The molecule has 4 aromatic rings. The minimum atomic E-state index is -0.378. The zero-order valence-corrected chi connectivity index (χ0v) is 16.2. The zero-order chi connectivity index (χ0) is 20.8. The molecule has 2 atom stereocenters. The van der Waals surface area contributed by atoms with E-state index in [2.05, 4.69) is 20.1 Å². The molecule has 10 heteroatoms. The van der Waals surface area contributed by atoms with Gasteiger partial charge in [-0.1, -0.05) is 28.9 Å². The van der Waals surface area contributed by atoms with Crippen molar-refractivity contribution in [2.45, 2.75) is 25.0 Å². The standard InChI is InChI=1S/C19H17ClN6O3/c1-25-9-21-18-16(25)19(27)26(10-22-18)7-15-23-17(24-29-15)12-6-14(28-8-12)11-2-4-13(20)5-3-11/h2-5,9-10,12,14H,6-8H2,1H3/t12-,14+/m0/s1/i10D.